The van der Waals surface area contributed by atoms with Crippen molar-refractivity contribution >= 4 is 33.2 Å². The Morgan fingerprint density at radius 2 is 2.25 bits per heavy atom. The van der Waals surface area contributed by atoms with Crippen LogP contribution < -0.4 is 5.32 Å². The summed E-state index contributed by atoms with van der Waals surface area (Å²) >= 11 is 9.58. The van der Waals surface area contributed by atoms with E-state index in [9.17, 15) is 0 Å². The van der Waals surface area contributed by atoms with Crippen molar-refractivity contribution in [2.24, 2.45) is 0 Å². The van der Waals surface area contributed by atoms with Crippen molar-refractivity contribution in [2.75, 3.05) is 5.32 Å². The second kappa shape index (κ2) is 6.29. The van der Waals surface area contributed by atoms with E-state index in [-0.39, 0.29) is 0 Å². The third-order valence-corrected chi connectivity index (χ3v) is 4.35. The number of aryl methyl sites for hydroxylation is 2. The molecule has 1 aromatic heterocycles. The van der Waals surface area contributed by atoms with Crippen molar-refractivity contribution in [3.05, 3.63) is 44.6 Å². The topological polar surface area (TPSA) is 53.6 Å². The Morgan fingerprint density at radius 1 is 1.50 bits per heavy atom. The molecule has 0 fully saturated rings. The van der Waals surface area contributed by atoms with E-state index < -0.39 is 0 Å². The average Bonchev–Trinajstić information content (AvgIpc) is 2.72. The quantitative estimate of drug-likeness (QED) is 0.900. The molecule has 0 aliphatic rings. The second-order valence-electron chi connectivity index (χ2n) is 4.32. The molecule has 2 aromatic rings. The number of rotatable bonds is 4. The Labute approximate surface area is 131 Å². The third-order valence-electron chi connectivity index (χ3n) is 3.00. The normalized spacial score (nSPS) is 10.3. The highest BCUT2D eigenvalue weighted by atomic mass is 79.9. The molecule has 6 heteroatoms. The van der Waals surface area contributed by atoms with E-state index in [4.69, 9.17) is 16.9 Å². The maximum atomic E-state index is 8.85. The van der Waals surface area contributed by atoms with Crippen molar-refractivity contribution < 1.29 is 0 Å². The van der Waals surface area contributed by atoms with Crippen LogP contribution in [0.2, 0.25) is 5.02 Å². The van der Waals surface area contributed by atoms with Crippen LogP contribution in [0.5, 0.6) is 0 Å². The van der Waals surface area contributed by atoms with E-state index in [0.717, 1.165) is 28.1 Å². The van der Waals surface area contributed by atoms with Gasteiger partial charge in [-0.25, -0.2) is 0 Å². The summed E-state index contributed by atoms with van der Waals surface area (Å²) < 4.78 is 2.98. The predicted octanol–water partition coefficient (Wildman–Crippen LogP) is 4.11. The second-order valence-corrected chi connectivity index (χ2v) is 5.52. The summed E-state index contributed by atoms with van der Waals surface area (Å²) in [6, 6.07) is 7.36. The average molecular weight is 354 g/mol. The molecule has 0 aliphatic heterocycles. The highest BCUT2D eigenvalue weighted by Gasteiger charge is 2.11. The molecule has 2 rings (SSSR count). The van der Waals surface area contributed by atoms with Gasteiger partial charge in [-0.15, -0.1) is 0 Å². The van der Waals surface area contributed by atoms with Gasteiger partial charge >= 0.3 is 0 Å². The number of aromatic nitrogens is 2. The molecule has 0 bridgehead atoms. The Morgan fingerprint density at radius 3 is 2.85 bits per heavy atom. The minimum Gasteiger partial charge on any atom is -0.379 e. The summed E-state index contributed by atoms with van der Waals surface area (Å²) in [5.41, 5.74) is 3.42. The molecule has 1 heterocycles. The summed E-state index contributed by atoms with van der Waals surface area (Å²) in [6.07, 6.45) is 0. The minimum atomic E-state index is 0.455. The fraction of sp³-hybridized carbons (Fsp3) is 0.286. The van der Waals surface area contributed by atoms with Gasteiger partial charge in [-0.2, -0.15) is 10.4 Å². The van der Waals surface area contributed by atoms with Crippen molar-refractivity contribution in [2.45, 2.75) is 26.9 Å². The first-order valence-electron chi connectivity index (χ1n) is 6.22. The Kier molecular flexibility index (Phi) is 4.69. The van der Waals surface area contributed by atoms with Gasteiger partial charge in [0, 0.05) is 12.2 Å². The fourth-order valence-electron chi connectivity index (χ4n) is 1.94. The van der Waals surface area contributed by atoms with Gasteiger partial charge < -0.3 is 5.32 Å². The lowest BCUT2D eigenvalue weighted by molar-refractivity contribution is 0.622. The van der Waals surface area contributed by atoms with Crippen molar-refractivity contribution in [3.63, 3.8) is 0 Å². The van der Waals surface area contributed by atoms with Crippen LogP contribution in [0.1, 0.15) is 23.9 Å². The van der Waals surface area contributed by atoms with Crippen LogP contribution >= 0.6 is 27.5 Å². The number of hydrogen-bond donors (Lipinski definition) is 1. The number of halogens is 2. The highest BCUT2D eigenvalue weighted by Crippen LogP contribution is 2.24. The van der Waals surface area contributed by atoms with E-state index in [1.807, 2.05) is 23.7 Å². The smallest absolute Gasteiger partial charge is 0.101 e. The first kappa shape index (κ1) is 14.9. The molecule has 0 saturated carbocycles. The third kappa shape index (κ3) is 2.97. The zero-order chi connectivity index (χ0) is 14.7. The molecule has 0 unspecified atom stereocenters. The lowest BCUT2D eigenvalue weighted by Gasteiger charge is -2.09. The van der Waals surface area contributed by atoms with Crippen molar-refractivity contribution in [1.29, 1.82) is 5.26 Å². The van der Waals surface area contributed by atoms with Crippen LogP contribution in [0.4, 0.5) is 5.69 Å². The van der Waals surface area contributed by atoms with Crippen LogP contribution in [-0.4, -0.2) is 9.78 Å². The summed E-state index contributed by atoms with van der Waals surface area (Å²) in [4.78, 5) is 0. The summed E-state index contributed by atoms with van der Waals surface area (Å²) in [5, 5.41) is 17.1. The SMILES string of the molecule is CCn1nc(C)c(Br)c1CNc1ccc(C#N)c(Cl)c1. The van der Waals surface area contributed by atoms with Gasteiger partial charge in [0.05, 0.1) is 33.0 Å². The fourth-order valence-corrected chi connectivity index (χ4v) is 2.59. The molecule has 1 N–H and O–H groups in total. The van der Waals surface area contributed by atoms with Gasteiger partial charge in [0.25, 0.3) is 0 Å². The first-order chi connectivity index (χ1) is 9.56. The van der Waals surface area contributed by atoms with E-state index in [1.165, 1.54) is 0 Å². The monoisotopic (exact) mass is 352 g/mol. The molecule has 0 atom stereocenters. The number of nitriles is 1. The standard InChI is InChI=1S/C14H14BrClN4/c1-3-20-13(14(15)9(2)19-20)8-18-11-5-4-10(7-17)12(16)6-11/h4-6,18H,3,8H2,1-2H3. The van der Waals surface area contributed by atoms with Gasteiger partial charge in [0.1, 0.15) is 6.07 Å². The molecule has 0 amide bonds. The van der Waals surface area contributed by atoms with Gasteiger partial charge in [0.15, 0.2) is 0 Å². The number of nitrogens with zero attached hydrogens (tertiary/aromatic N) is 3. The molecule has 0 radical (unpaired) electrons. The van der Waals surface area contributed by atoms with E-state index in [1.54, 1.807) is 12.1 Å². The zero-order valence-electron chi connectivity index (χ0n) is 11.2. The maximum Gasteiger partial charge on any atom is 0.101 e. The largest absolute Gasteiger partial charge is 0.379 e. The van der Waals surface area contributed by atoms with Gasteiger partial charge in [-0.3, -0.25) is 4.68 Å². The number of nitrogens with one attached hydrogen (secondary N) is 1. The highest BCUT2D eigenvalue weighted by molar-refractivity contribution is 9.10. The van der Waals surface area contributed by atoms with Crippen LogP contribution in [0.15, 0.2) is 22.7 Å². The van der Waals surface area contributed by atoms with Crippen molar-refractivity contribution in [3.8, 4) is 6.07 Å². The van der Waals surface area contributed by atoms with Crippen LogP contribution in [0.3, 0.4) is 0 Å². The Balaban J connectivity index is 2.17. The number of benzene rings is 1. The molecule has 4 nitrogen and oxygen atoms in total. The molecule has 20 heavy (non-hydrogen) atoms. The van der Waals surface area contributed by atoms with Gasteiger partial charge in [-0.1, -0.05) is 11.6 Å². The summed E-state index contributed by atoms with van der Waals surface area (Å²) in [6.45, 7) is 5.48. The van der Waals surface area contributed by atoms with E-state index in [0.29, 0.717) is 17.1 Å². The van der Waals surface area contributed by atoms with Crippen LogP contribution in [-0.2, 0) is 13.1 Å². The predicted molar refractivity (Wildman–Crippen MR) is 83.8 cm³/mol. The zero-order valence-corrected chi connectivity index (χ0v) is 13.6. The van der Waals surface area contributed by atoms with Crippen molar-refractivity contribution in [1.82, 2.24) is 9.78 Å². The summed E-state index contributed by atoms with van der Waals surface area (Å²) in [5.74, 6) is 0. The lowest BCUT2D eigenvalue weighted by atomic mass is 10.2. The number of anilines is 1. The Bertz CT molecular complexity index is 673. The van der Waals surface area contributed by atoms with Gasteiger partial charge in [0.2, 0.25) is 0 Å². The summed E-state index contributed by atoms with van der Waals surface area (Å²) in [7, 11) is 0. The van der Waals surface area contributed by atoms with Gasteiger partial charge in [-0.05, 0) is 48.0 Å². The molecule has 104 valence electrons. The molecular weight excluding hydrogens is 340 g/mol. The van der Waals surface area contributed by atoms with E-state index >= 15 is 0 Å². The molecule has 0 aliphatic carbocycles. The molecule has 0 saturated heterocycles. The Hall–Kier alpha value is -1.51. The molecular formula is C14H14BrClN4. The number of hydrogen-bond acceptors (Lipinski definition) is 3. The maximum absolute atomic E-state index is 8.85. The lowest BCUT2D eigenvalue weighted by Crippen LogP contribution is -2.08. The molecule has 1 aromatic carbocycles. The van der Waals surface area contributed by atoms with E-state index in [2.05, 4.69) is 33.3 Å². The first-order valence-corrected chi connectivity index (χ1v) is 7.39. The molecule has 0 spiro atoms. The van der Waals surface area contributed by atoms with Crippen LogP contribution in [0, 0.1) is 18.3 Å². The minimum absolute atomic E-state index is 0.455. The van der Waals surface area contributed by atoms with Crippen LogP contribution in [0.25, 0.3) is 0 Å².